The minimum absolute atomic E-state index is 0.000850. The molecular weight excluding hydrogens is 330 g/mol. The van der Waals surface area contributed by atoms with Gasteiger partial charge < -0.3 is 14.7 Å². The number of hydrogen-bond acceptors (Lipinski definition) is 4. The second kappa shape index (κ2) is 7.72. The third kappa shape index (κ3) is 3.79. The molecule has 0 spiro atoms. The molecule has 0 aliphatic carbocycles. The molecule has 2 amide bonds. The molecule has 1 aliphatic rings. The van der Waals surface area contributed by atoms with Crippen LogP contribution in [0.25, 0.3) is 11.3 Å². The molecule has 1 atom stereocenters. The van der Waals surface area contributed by atoms with Crippen molar-refractivity contribution < 1.29 is 14.1 Å². The van der Waals surface area contributed by atoms with Crippen LogP contribution in [0.3, 0.4) is 0 Å². The summed E-state index contributed by atoms with van der Waals surface area (Å²) in [4.78, 5) is 26.5. The Morgan fingerprint density at radius 2 is 2.08 bits per heavy atom. The van der Waals surface area contributed by atoms with E-state index in [2.05, 4.69) is 10.5 Å². The molecule has 2 heterocycles. The summed E-state index contributed by atoms with van der Waals surface area (Å²) in [5.74, 6) is 0.644. The number of carbonyl (C=O) groups is 2. The van der Waals surface area contributed by atoms with Crippen molar-refractivity contribution in [2.75, 3.05) is 19.6 Å². The molecule has 6 nitrogen and oxygen atoms in total. The van der Waals surface area contributed by atoms with Crippen LogP contribution in [0.2, 0.25) is 0 Å². The van der Waals surface area contributed by atoms with Crippen molar-refractivity contribution in [1.29, 1.82) is 0 Å². The van der Waals surface area contributed by atoms with Crippen molar-refractivity contribution in [1.82, 2.24) is 15.4 Å². The Bertz CT molecular complexity index is 772. The van der Waals surface area contributed by atoms with E-state index in [4.69, 9.17) is 4.52 Å². The monoisotopic (exact) mass is 355 g/mol. The Hall–Kier alpha value is -2.63. The number of rotatable bonds is 5. The predicted octanol–water partition coefficient (Wildman–Crippen LogP) is 2.65. The molecule has 3 rings (SSSR count). The van der Waals surface area contributed by atoms with Gasteiger partial charge in [-0.25, -0.2) is 0 Å². The fourth-order valence-corrected chi connectivity index (χ4v) is 3.63. The normalized spacial score (nSPS) is 20.0. The van der Waals surface area contributed by atoms with Gasteiger partial charge in [0.15, 0.2) is 0 Å². The lowest BCUT2D eigenvalue weighted by Gasteiger charge is -2.40. The van der Waals surface area contributed by atoms with Crippen molar-refractivity contribution in [3.8, 4) is 11.3 Å². The summed E-state index contributed by atoms with van der Waals surface area (Å²) in [5.41, 5.74) is 1.06. The molecule has 1 aliphatic heterocycles. The molecule has 1 aromatic heterocycles. The van der Waals surface area contributed by atoms with Gasteiger partial charge in [0.1, 0.15) is 11.5 Å². The van der Waals surface area contributed by atoms with E-state index >= 15 is 0 Å². The van der Waals surface area contributed by atoms with E-state index in [1.54, 1.807) is 11.8 Å². The van der Waals surface area contributed by atoms with E-state index in [-0.39, 0.29) is 11.8 Å². The summed E-state index contributed by atoms with van der Waals surface area (Å²) in [5, 5.41) is 7.09. The third-order valence-corrected chi connectivity index (χ3v) is 4.98. The summed E-state index contributed by atoms with van der Waals surface area (Å²) in [6, 6.07) is 11.7. The molecule has 0 unspecified atom stereocenters. The lowest BCUT2D eigenvalue weighted by Crippen LogP contribution is -2.54. The highest BCUT2D eigenvalue weighted by Gasteiger charge is 2.43. The summed E-state index contributed by atoms with van der Waals surface area (Å²) in [6.45, 7) is 5.12. The van der Waals surface area contributed by atoms with E-state index in [0.29, 0.717) is 31.8 Å². The van der Waals surface area contributed by atoms with Crippen LogP contribution in [0.15, 0.2) is 40.9 Å². The molecule has 6 heteroatoms. The van der Waals surface area contributed by atoms with Crippen molar-refractivity contribution in [3.05, 3.63) is 42.2 Å². The average Bonchev–Trinajstić information content (AvgIpc) is 3.11. The number of carbonyl (C=O) groups excluding carboxylic acids is 2. The average molecular weight is 355 g/mol. The van der Waals surface area contributed by atoms with Crippen LogP contribution in [0.4, 0.5) is 0 Å². The number of nitrogens with zero attached hydrogens (tertiary/aromatic N) is 2. The number of hydrogen-bond donors (Lipinski definition) is 1. The molecule has 0 radical (unpaired) electrons. The molecule has 26 heavy (non-hydrogen) atoms. The van der Waals surface area contributed by atoms with Crippen LogP contribution >= 0.6 is 0 Å². The zero-order valence-electron chi connectivity index (χ0n) is 15.3. The minimum Gasteiger partial charge on any atom is -0.361 e. The number of amides is 2. The molecule has 138 valence electrons. The number of likely N-dealkylation sites (tertiary alicyclic amines) is 1. The largest absolute Gasteiger partial charge is 0.361 e. The first-order valence-corrected chi connectivity index (χ1v) is 9.09. The number of nitrogens with one attached hydrogen (secondary N) is 1. The van der Waals surface area contributed by atoms with Gasteiger partial charge in [-0.05, 0) is 19.8 Å². The highest BCUT2D eigenvalue weighted by Crippen LogP contribution is 2.35. The van der Waals surface area contributed by atoms with Gasteiger partial charge in [0.25, 0.3) is 0 Å². The second-order valence-electron chi connectivity index (χ2n) is 6.91. The smallest absolute Gasteiger partial charge is 0.228 e. The Labute approximate surface area is 153 Å². The van der Waals surface area contributed by atoms with Crippen LogP contribution in [0, 0.1) is 5.41 Å². The topological polar surface area (TPSA) is 75.4 Å². The Morgan fingerprint density at radius 3 is 2.77 bits per heavy atom. The van der Waals surface area contributed by atoms with E-state index < -0.39 is 5.41 Å². The maximum absolute atomic E-state index is 12.9. The lowest BCUT2D eigenvalue weighted by molar-refractivity contribution is -0.140. The summed E-state index contributed by atoms with van der Waals surface area (Å²) < 4.78 is 5.54. The maximum atomic E-state index is 12.9. The van der Waals surface area contributed by atoms with Gasteiger partial charge in [-0.15, -0.1) is 0 Å². The standard InChI is InChI=1S/C20H25N3O3/c1-3-21-19(25)20(10-7-11-23(14-20)15(2)24)13-17-12-18(22-26-17)16-8-5-4-6-9-16/h4-6,8-9,12H,3,7,10-11,13-14H2,1-2H3,(H,21,25)/t20-/m1/s1. The van der Waals surface area contributed by atoms with Crippen molar-refractivity contribution in [3.63, 3.8) is 0 Å². The number of benzene rings is 1. The SMILES string of the molecule is CCNC(=O)[C@@]1(Cc2cc(-c3ccccc3)no2)CCCN(C(C)=O)C1. The van der Waals surface area contributed by atoms with Crippen LogP contribution in [-0.4, -0.2) is 41.5 Å². The zero-order chi connectivity index (χ0) is 18.6. The second-order valence-corrected chi connectivity index (χ2v) is 6.91. The predicted molar refractivity (Wildman–Crippen MR) is 98.2 cm³/mol. The Kier molecular flexibility index (Phi) is 5.40. The van der Waals surface area contributed by atoms with E-state index in [1.165, 1.54) is 0 Å². The molecule has 1 fully saturated rings. The fourth-order valence-electron chi connectivity index (χ4n) is 3.63. The van der Waals surface area contributed by atoms with Gasteiger partial charge >= 0.3 is 0 Å². The molecule has 1 aromatic carbocycles. The van der Waals surface area contributed by atoms with Gasteiger partial charge in [0.2, 0.25) is 11.8 Å². The Balaban J connectivity index is 1.85. The molecule has 0 saturated carbocycles. The van der Waals surface area contributed by atoms with Gasteiger partial charge in [0.05, 0.1) is 5.41 Å². The fraction of sp³-hybridized carbons (Fsp3) is 0.450. The highest BCUT2D eigenvalue weighted by atomic mass is 16.5. The molecule has 2 aromatic rings. The summed E-state index contributed by atoms with van der Waals surface area (Å²) in [7, 11) is 0. The van der Waals surface area contributed by atoms with Gasteiger partial charge in [-0.2, -0.15) is 0 Å². The lowest BCUT2D eigenvalue weighted by atomic mass is 9.75. The first-order chi connectivity index (χ1) is 12.5. The molecule has 0 bridgehead atoms. The van der Waals surface area contributed by atoms with Crippen molar-refractivity contribution in [2.45, 2.75) is 33.1 Å². The molecule has 1 N–H and O–H groups in total. The third-order valence-electron chi connectivity index (χ3n) is 4.98. The summed E-state index contributed by atoms with van der Waals surface area (Å²) in [6.07, 6.45) is 1.96. The zero-order valence-corrected chi connectivity index (χ0v) is 15.3. The van der Waals surface area contributed by atoms with Gasteiger partial charge in [-0.1, -0.05) is 35.5 Å². The maximum Gasteiger partial charge on any atom is 0.228 e. The van der Waals surface area contributed by atoms with Crippen molar-refractivity contribution >= 4 is 11.8 Å². The van der Waals surface area contributed by atoms with Gasteiger partial charge in [0, 0.05) is 44.6 Å². The first-order valence-electron chi connectivity index (χ1n) is 9.09. The van der Waals surface area contributed by atoms with E-state index in [1.807, 2.05) is 43.3 Å². The quantitative estimate of drug-likeness (QED) is 0.895. The van der Waals surface area contributed by atoms with Crippen LogP contribution in [-0.2, 0) is 16.0 Å². The number of aromatic nitrogens is 1. The molecule has 1 saturated heterocycles. The van der Waals surface area contributed by atoms with E-state index in [9.17, 15) is 9.59 Å². The van der Waals surface area contributed by atoms with Crippen LogP contribution < -0.4 is 5.32 Å². The summed E-state index contributed by atoms with van der Waals surface area (Å²) >= 11 is 0. The number of piperidine rings is 1. The van der Waals surface area contributed by atoms with E-state index in [0.717, 1.165) is 24.1 Å². The minimum atomic E-state index is -0.673. The highest BCUT2D eigenvalue weighted by molar-refractivity contribution is 5.84. The molecular formula is C20H25N3O3. The van der Waals surface area contributed by atoms with Gasteiger partial charge in [-0.3, -0.25) is 9.59 Å². The van der Waals surface area contributed by atoms with Crippen molar-refractivity contribution in [2.24, 2.45) is 5.41 Å². The Morgan fingerprint density at radius 1 is 1.31 bits per heavy atom. The first kappa shape index (κ1) is 18.2. The van der Waals surface area contributed by atoms with Crippen LogP contribution in [0.1, 0.15) is 32.4 Å². The van der Waals surface area contributed by atoms with Crippen LogP contribution in [0.5, 0.6) is 0 Å².